The number of nitrogens with one attached hydrogen (secondary N) is 2. The van der Waals surface area contributed by atoms with Crippen molar-refractivity contribution >= 4 is 0 Å². The molecular formula is C16H22N4O3. The largest absolute Gasteiger partial charge is 0.497 e. The maximum atomic E-state index is 11.3. The predicted octanol–water partition coefficient (Wildman–Crippen LogP) is 1.71. The molecule has 23 heavy (non-hydrogen) atoms. The molecule has 0 radical (unpaired) electrons. The Morgan fingerprint density at radius 2 is 2.04 bits per heavy atom. The van der Waals surface area contributed by atoms with Gasteiger partial charge in [-0.15, -0.1) is 0 Å². The number of rotatable bonds is 6. The summed E-state index contributed by atoms with van der Waals surface area (Å²) in [7, 11) is 1.64. The maximum absolute atomic E-state index is 11.3. The normalized spacial score (nSPS) is 18.7. The zero-order chi connectivity index (χ0) is 16.1. The Morgan fingerprint density at radius 3 is 2.74 bits per heavy atom. The first-order valence-corrected chi connectivity index (χ1v) is 7.92. The quantitative estimate of drug-likeness (QED) is 0.847. The fourth-order valence-corrected chi connectivity index (χ4v) is 2.96. The van der Waals surface area contributed by atoms with E-state index in [-0.39, 0.29) is 11.7 Å². The van der Waals surface area contributed by atoms with Crippen molar-refractivity contribution in [2.24, 2.45) is 0 Å². The molecular weight excluding hydrogens is 296 g/mol. The zero-order valence-electron chi connectivity index (χ0n) is 13.2. The number of hydrogen-bond acceptors (Lipinski definition) is 5. The average Bonchev–Trinajstić information content (AvgIpc) is 3.02. The highest BCUT2D eigenvalue weighted by Crippen LogP contribution is 2.27. The molecule has 2 heterocycles. The van der Waals surface area contributed by atoms with Crippen molar-refractivity contribution in [2.45, 2.75) is 25.3 Å². The molecule has 0 spiro atoms. The number of H-pyrrole nitrogens is 2. The van der Waals surface area contributed by atoms with Crippen LogP contribution in [0, 0.1) is 0 Å². The van der Waals surface area contributed by atoms with Crippen LogP contribution in [0.25, 0.3) is 0 Å². The summed E-state index contributed by atoms with van der Waals surface area (Å²) in [5.41, 5.74) is -0.250. The molecule has 3 rings (SSSR count). The second kappa shape index (κ2) is 7.32. The zero-order valence-corrected chi connectivity index (χ0v) is 13.2. The number of piperidine rings is 1. The SMILES string of the molecule is COc1ccc(OCCN2CCCCC2c2n[nH]c(=O)[nH]2)cc1. The van der Waals surface area contributed by atoms with Crippen molar-refractivity contribution in [3.63, 3.8) is 0 Å². The molecule has 1 atom stereocenters. The Morgan fingerprint density at radius 1 is 1.26 bits per heavy atom. The number of nitrogens with zero attached hydrogens (tertiary/aromatic N) is 2. The van der Waals surface area contributed by atoms with Gasteiger partial charge in [0.15, 0.2) is 0 Å². The third-order valence-electron chi connectivity index (χ3n) is 4.16. The Kier molecular flexibility index (Phi) is 4.97. The fraction of sp³-hybridized carbons (Fsp3) is 0.500. The van der Waals surface area contributed by atoms with Gasteiger partial charge in [-0.1, -0.05) is 6.42 Å². The molecule has 2 N–H and O–H groups in total. The molecule has 7 heteroatoms. The first kappa shape index (κ1) is 15.6. The summed E-state index contributed by atoms with van der Waals surface area (Å²) in [6.07, 6.45) is 3.31. The molecule has 1 aliphatic rings. The van der Waals surface area contributed by atoms with Crippen LogP contribution in [0.5, 0.6) is 11.5 Å². The van der Waals surface area contributed by atoms with E-state index in [1.807, 2.05) is 24.3 Å². The van der Waals surface area contributed by atoms with E-state index in [2.05, 4.69) is 20.1 Å². The van der Waals surface area contributed by atoms with Gasteiger partial charge in [-0.3, -0.25) is 9.88 Å². The van der Waals surface area contributed by atoms with E-state index in [4.69, 9.17) is 9.47 Å². The first-order chi connectivity index (χ1) is 11.3. The molecule has 1 aromatic heterocycles. The lowest BCUT2D eigenvalue weighted by molar-refractivity contribution is 0.118. The highest BCUT2D eigenvalue weighted by molar-refractivity contribution is 5.31. The number of methoxy groups -OCH3 is 1. The van der Waals surface area contributed by atoms with Crippen LogP contribution >= 0.6 is 0 Å². The molecule has 2 aromatic rings. The third-order valence-corrected chi connectivity index (χ3v) is 4.16. The van der Waals surface area contributed by atoms with Crippen LogP contribution in [-0.2, 0) is 0 Å². The number of ether oxygens (including phenoxy) is 2. The van der Waals surface area contributed by atoms with E-state index in [1.165, 1.54) is 0 Å². The van der Waals surface area contributed by atoms with E-state index in [1.54, 1.807) is 7.11 Å². The van der Waals surface area contributed by atoms with Gasteiger partial charge in [-0.25, -0.2) is 9.89 Å². The van der Waals surface area contributed by atoms with Gasteiger partial charge in [0, 0.05) is 6.54 Å². The molecule has 1 unspecified atom stereocenters. The minimum absolute atomic E-state index is 0.155. The molecule has 1 saturated heterocycles. The summed E-state index contributed by atoms with van der Waals surface area (Å²) in [5.74, 6) is 2.36. The number of hydrogen-bond donors (Lipinski definition) is 2. The van der Waals surface area contributed by atoms with Gasteiger partial charge in [0.2, 0.25) is 0 Å². The van der Waals surface area contributed by atoms with E-state index < -0.39 is 0 Å². The topological polar surface area (TPSA) is 83.2 Å². The molecule has 0 amide bonds. The van der Waals surface area contributed by atoms with Gasteiger partial charge in [-0.2, -0.15) is 5.10 Å². The predicted molar refractivity (Wildman–Crippen MR) is 85.9 cm³/mol. The Labute approximate surface area is 134 Å². The van der Waals surface area contributed by atoms with Gasteiger partial charge in [0.05, 0.1) is 13.2 Å². The number of aromatic amines is 2. The molecule has 0 bridgehead atoms. The van der Waals surface area contributed by atoms with Crippen molar-refractivity contribution in [1.29, 1.82) is 0 Å². The van der Waals surface area contributed by atoms with Crippen LogP contribution in [0.2, 0.25) is 0 Å². The number of likely N-dealkylation sites (tertiary alicyclic amines) is 1. The van der Waals surface area contributed by atoms with Crippen LogP contribution in [0.3, 0.4) is 0 Å². The van der Waals surface area contributed by atoms with Crippen molar-refractivity contribution < 1.29 is 9.47 Å². The number of benzene rings is 1. The summed E-state index contributed by atoms with van der Waals surface area (Å²) < 4.78 is 10.9. The first-order valence-electron chi connectivity index (χ1n) is 7.92. The van der Waals surface area contributed by atoms with E-state index in [0.29, 0.717) is 6.61 Å². The van der Waals surface area contributed by atoms with Crippen LogP contribution in [0.4, 0.5) is 0 Å². The Bertz CT molecular complexity index is 664. The summed E-state index contributed by atoms with van der Waals surface area (Å²) in [6, 6.07) is 7.72. The fourth-order valence-electron chi connectivity index (χ4n) is 2.96. The van der Waals surface area contributed by atoms with Gasteiger partial charge >= 0.3 is 5.69 Å². The highest BCUT2D eigenvalue weighted by Gasteiger charge is 2.26. The molecule has 124 valence electrons. The molecule has 0 saturated carbocycles. The van der Waals surface area contributed by atoms with Gasteiger partial charge in [0.1, 0.15) is 23.9 Å². The molecule has 0 aliphatic carbocycles. The van der Waals surface area contributed by atoms with Crippen LogP contribution in [0.1, 0.15) is 31.1 Å². The lowest BCUT2D eigenvalue weighted by atomic mass is 10.0. The van der Waals surface area contributed by atoms with Crippen molar-refractivity contribution in [3.8, 4) is 11.5 Å². The molecule has 1 fully saturated rings. The monoisotopic (exact) mass is 318 g/mol. The standard InChI is InChI=1S/C16H22N4O3/c1-22-12-5-7-13(8-6-12)23-11-10-20-9-3-2-4-14(20)15-17-16(21)19-18-15/h5-8,14H,2-4,9-11H2,1H3,(H2,17,18,19,21). The van der Waals surface area contributed by atoms with Crippen LogP contribution in [-0.4, -0.2) is 46.9 Å². The summed E-state index contributed by atoms with van der Waals surface area (Å²) in [6.45, 7) is 2.38. The molecule has 1 aliphatic heterocycles. The summed E-state index contributed by atoms with van der Waals surface area (Å²) >= 11 is 0. The maximum Gasteiger partial charge on any atom is 0.340 e. The second-order valence-corrected chi connectivity index (χ2v) is 5.63. The summed E-state index contributed by atoms with van der Waals surface area (Å²) in [4.78, 5) is 16.4. The smallest absolute Gasteiger partial charge is 0.340 e. The Hall–Kier alpha value is -2.28. The second-order valence-electron chi connectivity index (χ2n) is 5.63. The van der Waals surface area contributed by atoms with Crippen molar-refractivity contribution in [3.05, 3.63) is 40.6 Å². The van der Waals surface area contributed by atoms with E-state index in [9.17, 15) is 4.79 Å². The van der Waals surface area contributed by atoms with Crippen LogP contribution in [0.15, 0.2) is 29.1 Å². The third kappa shape index (κ3) is 3.92. The van der Waals surface area contributed by atoms with E-state index >= 15 is 0 Å². The van der Waals surface area contributed by atoms with Crippen molar-refractivity contribution in [1.82, 2.24) is 20.1 Å². The van der Waals surface area contributed by atoms with Gasteiger partial charge < -0.3 is 9.47 Å². The van der Waals surface area contributed by atoms with Crippen LogP contribution < -0.4 is 15.2 Å². The van der Waals surface area contributed by atoms with E-state index in [0.717, 1.165) is 49.7 Å². The Balaban J connectivity index is 1.55. The lowest BCUT2D eigenvalue weighted by Crippen LogP contribution is -2.37. The molecule has 7 nitrogen and oxygen atoms in total. The minimum Gasteiger partial charge on any atom is -0.497 e. The average molecular weight is 318 g/mol. The minimum atomic E-state index is -0.250. The highest BCUT2D eigenvalue weighted by atomic mass is 16.5. The number of aromatic nitrogens is 3. The molecule has 1 aromatic carbocycles. The van der Waals surface area contributed by atoms with Gasteiger partial charge in [-0.05, 0) is 43.7 Å². The van der Waals surface area contributed by atoms with Gasteiger partial charge in [0.25, 0.3) is 0 Å². The van der Waals surface area contributed by atoms with Crippen molar-refractivity contribution in [2.75, 3.05) is 26.8 Å². The lowest BCUT2D eigenvalue weighted by Gasteiger charge is -2.33. The summed E-state index contributed by atoms with van der Waals surface area (Å²) in [5, 5.41) is 6.53.